The van der Waals surface area contributed by atoms with E-state index in [2.05, 4.69) is 15.0 Å². The minimum absolute atomic E-state index is 0.0785. The monoisotopic (exact) mass is 400 g/mol. The van der Waals surface area contributed by atoms with Crippen molar-refractivity contribution >= 4 is 39.0 Å². The van der Waals surface area contributed by atoms with Gasteiger partial charge in [0.25, 0.3) is 0 Å². The third-order valence-electron chi connectivity index (χ3n) is 3.60. The first-order valence-corrected chi connectivity index (χ1v) is 8.73. The standard InChI is InChI=1S/C17H9ClN4O4S/c18-10-2-1-3-11(7-10)26-13-5-4-9(6-12(13)22(24)25)16-21-14-15(23)19-8-20-17(14)27-16/h1-8H,(H,19,20,23). The van der Waals surface area contributed by atoms with Crippen molar-refractivity contribution in [2.45, 2.75) is 0 Å². The summed E-state index contributed by atoms with van der Waals surface area (Å²) in [5, 5.41) is 22.2. The van der Waals surface area contributed by atoms with Crippen LogP contribution >= 0.6 is 22.9 Å². The molecule has 0 saturated carbocycles. The van der Waals surface area contributed by atoms with Gasteiger partial charge in [0, 0.05) is 16.7 Å². The van der Waals surface area contributed by atoms with E-state index in [1.54, 1.807) is 30.3 Å². The van der Waals surface area contributed by atoms with Crippen LogP contribution in [0.4, 0.5) is 5.69 Å². The van der Waals surface area contributed by atoms with Gasteiger partial charge in [-0.2, -0.15) is 4.98 Å². The minimum Gasteiger partial charge on any atom is -0.492 e. The van der Waals surface area contributed by atoms with Crippen LogP contribution in [0.3, 0.4) is 0 Å². The summed E-state index contributed by atoms with van der Waals surface area (Å²) < 4.78 is 5.62. The number of ether oxygens (including phenoxy) is 1. The molecule has 2 heterocycles. The van der Waals surface area contributed by atoms with Gasteiger partial charge < -0.3 is 9.84 Å². The Hall–Kier alpha value is -3.30. The molecule has 1 N–H and O–H groups in total. The van der Waals surface area contributed by atoms with Gasteiger partial charge in [0.1, 0.15) is 17.1 Å². The van der Waals surface area contributed by atoms with Crippen LogP contribution in [0.15, 0.2) is 48.8 Å². The molecule has 0 aliphatic rings. The van der Waals surface area contributed by atoms with Crippen LogP contribution in [0.1, 0.15) is 0 Å². The van der Waals surface area contributed by atoms with Crippen LogP contribution in [-0.2, 0) is 0 Å². The SMILES string of the molecule is O=[N+]([O-])c1cc(-c2nc3c(O)ncnc3s2)ccc1Oc1cccc(Cl)c1. The first-order valence-electron chi connectivity index (χ1n) is 7.54. The van der Waals surface area contributed by atoms with E-state index in [1.165, 1.54) is 29.8 Å². The molecule has 4 rings (SSSR count). The Bertz CT molecular complexity index is 1180. The van der Waals surface area contributed by atoms with Gasteiger partial charge in [-0.25, -0.2) is 9.97 Å². The van der Waals surface area contributed by atoms with Crippen LogP contribution in [0.25, 0.3) is 20.9 Å². The highest BCUT2D eigenvalue weighted by molar-refractivity contribution is 7.21. The third-order valence-corrected chi connectivity index (χ3v) is 4.85. The molecule has 0 radical (unpaired) electrons. The van der Waals surface area contributed by atoms with Crippen molar-refractivity contribution in [3.8, 4) is 28.0 Å². The van der Waals surface area contributed by atoms with Crippen molar-refractivity contribution in [3.05, 3.63) is 63.9 Å². The topological polar surface area (TPSA) is 111 Å². The summed E-state index contributed by atoms with van der Waals surface area (Å²) >= 11 is 7.11. The smallest absolute Gasteiger partial charge is 0.312 e. The number of fused-ring (bicyclic) bond motifs is 1. The van der Waals surface area contributed by atoms with E-state index in [1.807, 2.05) is 0 Å². The number of hydrogen-bond acceptors (Lipinski definition) is 8. The number of hydrogen-bond donors (Lipinski definition) is 1. The number of halogens is 1. The number of nitro benzene ring substituents is 1. The van der Waals surface area contributed by atoms with E-state index in [0.717, 1.165) is 0 Å². The third kappa shape index (κ3) is 3.37. The molecule has 27 heavy (non-hydrogen) atoms. The summed E-state index contributed by atoms with van der Waals surface area (Å²) in [6.07, 6.45) is 1.23. The van der Waals surface area contributed by atoms with Gasteiger partial charge in [-0.05, 0) is 30.3 Å². The first-order chi connectivity index (χ1) is 13.0. The Morgan fingerprint density at radius 3 is 2.78 bits per heavy atom. The molecule has 10 heteroatoms. The molecule has 8 nitrogen and oxygen atoms in total. The Morgan fingerprint density at radius 2 is 2.04 bits per heavy atom. The molecule has 134 valence electrons. The molecule has 0 saturated heterocycles. The van der Waals surface area contributed by atoms with E-state index in [0.29, 0.717) is 26.2 Å². The molecule has 2 aromatic carbocycles. The first kappa shape index (κ1) is 17.1. The van der Waals surface area contributed by atoms with Crippen molar-refractivity contribution in [3.63, 3.8) is 0 Å². The largest absolute Gasteiger partial charge is 0.492 e. The zero-order chi connectivity index (χ0) is 19.0. The van der Waals surface area contributed by atoms with Crippen LogP contribution in [0.2, 0.25) is 5.02 Å². The molecular weight excluding hydrogens is 392 g/mol. The summed E-state index contributed by atoms with van der Waals surface area (Å²) in [6, 6.07) is 11.1. The molecule has 0 spiro atoms. The lowest BCUT2D eigenvalue weighted by molar-refractivity contribution is -0.385. The molecule has 0 bridgehead atoms. The molecule has 0 fully saturated rings. The molecule has 0 aliphatic heterocycles. The molecule has 0 atom stereocenters. The van der Waals surface area contributed by atoms with Gasteiger partial charge in [-0.1, -0.05) is 29.0 Å². The quantitative estimate of drug-likeness (QED) is 0.386. The van der Waals surface area contributed by atoms with Gasteiger partial charge >= 0.3 is 5.69 Å². The second kappa shape index (κ2) is 6.78. The average molecular weight is 401 g/mol. The lowest BCUT2D eigenvalue weighted by atomic mass is 10.2. The molecule has 2 aromatic heterocycles. The van der Waals surface area contributed by atoms with Crippen molar-refractivity contribution in [1.29, 1.82) is 0 Å². The lowest BCUT2D eigenvalue weighted by Crippen LogP contribution is -1.94. The summed E-state index contributed by atoms with van der Waals surface area (Å²) in [5.74, 6) is 0.228. The van der Waals surface area contributed by atoms with Crippen molar-refractivity contribution in [1.82, 2.24) is 15.0 Å². The maximum atomic E-state index is 11.5. The van der Waals surface area contributed by atoms with Gasteiger partial charge in [0.05, 0.1) is 4.92 Å². The highest BCUT2D eigenvalue weighted by atomic mass is 35.5. The predicted molar refractivity (Wildman–Crippen MR) is 100 cm³/mol. The number of thiazole rings is 1. The second-order valence-electron chi connectivity index (χ2n) is 5.37. The van der Waals surface area contributed by atoms with E-state index in [9.17, 15) is 15.2 Å². The Balaban J connectivity index is 1.76. The summed E-state index contributed by atoms with van der Waals surface area (Å²) in [4.78, 5) is 23.5. The van der Waals surface area contributed by atoms with Crippen molar-refractivity contribution in [2.75, 3.05) is 0 Å². The fourth-order valence-corrected chi connectivity index (χ4v) is 3.48. The fourth-order valence-electron chi connectivity index (χ4n) is 2.40. The maximum Gasteiger partial charge on any atom is 0.312 e. The lowest BCUT2D eigenvalue weighted by Gasteiger charge is -2.07. The highest BCUT2D eigenvalue weighted by Crippen LogP contribution is 2.38. The zero-order valence-corrected chi connectivity index (χ0v) is 14.9. The highest BCUT2D eigenvalue weighted by Gasteiger charge is 2.20. The maximum absolute atomic E-state index is 11.5. The van der Waals surface area contributed by atoms with Crippen LogP contribution in [-0.4, -0.2) is 25.0 Å². The van der Waals surface area contributed by atoms with Gasteiger partial charge in [-0.3, -0.25) is 10.1 Å². The average Bonchev–Trinajstić information content (AvgIpc) is 3.07. The predicted octanol–water partition coefficient (Wildman–Crippen LogP) is 4.81. The number of nitrogens with zero attached hydrogens (tertiary/aromatic N) is 4. The number of benzene rings is 2. The molecule has 0 amide bonds. The van der Waals surface area contributed by atoms with Crippen molar-refractivity contribution in [2.24, 2.45) is 0 Å². The number of rotatable bonds is 4. The van der Waals surface area contributed by atoms with Crippen LogP contribution < -0.4 is 4.74 Å². The second-order valence-corrected chi connectivity index (χ2v) is 6.78. The molecular formula is C17H9ClN4O4S. The minimum atomic E-state index is -0.534. The van der Waals surface area contributed by atoms with E-state index in [-0.39, 0.29) is 22.8 Å². The van der Waals surface area contributed by atoms with Gasteiger partial charge in [0.2, 0.25) is 11.6 Å². The Kier molecular flexibility index (Phi) is 4.30. The van der Waals surface area contributed by atoms with Gasteiger partial charge in [-0.15, -0.1) is 0 Å². The summed E-state index contributed by atoms with van der Waals surface area (Å²) in [5.41, 5.74) is 0.531. The van der Waals surface area contributed by atoms with Crippen LogP contribution in [0, 0.1) is 10.1 Å². The summed E-state index contributed by atoms with van der Waals surface area (Å²) in [7, 11) is 0. The van der Waals surface area contributed by atoms with E-state index in [4.69, 9.17) is 16.3 Å². The van der Waals surface area contributed by atoms with E-state index < -0.39 is 4.92 Å². The van der Waals surface area contributed by atoms with E-state index >= 15 is 0 Å². The normalized spacial score (nSPS) is 10.9. The Labute approximate surface area is 160 Å². The van der Waals surface area contributed by atoms with Gasteiger partial charge in [0.15, 0.2) is 10.3 Å². The number of aromatic hydroxyl groups is 1. The van der Waals surface area contributed by atoms with Crippen LogP contribution in [0.5, 0.6) is 17.4 Å². The zero-order valence-electron chi connectivity index (χ0n) is 13.4. The molecule has 0 aliphatic carbocycles. The van der Waals surface area contributed by atoms with Crippen molar-refractivity contribution < 1.29 is 14.8 Å². The molecule has 0 unspecified atom stereocenters. The fraction of sp³-hybridized carbons (Fsp3) is 0. The summed E-state index contributed by atoms with van der Waals surface area (Å²) in [6.45, 7) is 0. The Morgan fingerprint density at radius 1 is 1.19 bits per heavy atom. The molecule has 4 aromatic rings. The number of nitro groups is 1. The number of aromatic nitrogens is 3.